The Balaban J connectivity index is 2.29. The fourth-order valence-corrected chi connectivity index (χ4v) is 3.60. The van der Waals surface area contributed by atoms with Gasteiger partial charge in [-0.05, 0) is 59.0 Å². The van der Waals surface area contributed by atoms with Gasteiger partial charge in [0.1, 0.15) is 5.82 Å². The van der Waals surface area contributed by atoms with Crippen molar-refractivity contribution in [2.45, 2.75) is 19.8 Å². The van der Waals surface area contributed by atoms with Crippen molar-refractivity contribution in [1.29, 1.82) is 0 Å². The molecule has 0 saturated carbocycles. The highest BCUT2D eigenvalue weighted by Crippen LogP contribution is 2.27. The minimum atomic E-state index is -0.102. The molecule has 4 N–H and O–H groups in total. The smallest absolute Gasteiger partial charge is 0.266 e. The molecular weight excluding hydrogens is 443 g/mol. The standard InChI is InChI=1S/C19H21IN4O2/c1-11(2)18-23-17-14(7-8-15(16(17)20)22-9-10-25)19(26)24(18)13-5-3-12(21)4-6-13/h3-8,11,22,25H,9-10,21H2,1-2H3. The fourth-order valence-electron chi connectivity index (χ4n) is 2.82. The highest BCUT2D eigenvalue weighted by molar-refractivity contribution is 14.1. The molecule has 0 amide bonds. The molecule has 0 atom stereocenters. The number of fused-ring (bicyclic) bond motifs is 1. The number of anilines is 2. The summed E-state index contributed by atoms with van der Waals surface area (Å²) in [5.41, 5.74) is 8.61. The Kier molecular flexibility index (Phi) is 5.47. The molecule has 136 valence electrons. The Morgan fingerprint density at radius 3 is 2.54 bits per heavy atom. The van der Waals surface area contributed by atoms with Crippen molar-refractivity contribution in [2.24, 2.45) is 0 Å². The first-order valence-corrected chi connectivity index (χ1v) is 9.47. The number of nitrogen functional groups attached to an aromatic ring is 1. The van der Waals surface area contributed by atoms with E-state index in [1.165, 1.54) is 0 Å². The summed E-state index contributed by atoms with van der Waals surface area (Å²) in [5.74, 6) is 0.763. The van der Waals surface area contributed by atoms with Gasteiger partial charge in [0.15, 0.2) is 0 Å². The number of nitrogens with two attached hydrogens (primary N) is 1. The molecule has 1 aromatic heterocycles. The van der Waals surface area contributed by atoms with Crippen LogP contribution in [0.3, 0.4) is 0 Å². The lowest BCUT2D eigenvalue weighted by atomic mass is 10.1. The van der Waals surface area contributed by atoms with E-state index in [0.29, 0.717) is 29.0 Å². The molecule has 26 heavy (non-hydrogen) atoms. The molecule has 7 heteroatoms. The first kappa shape index (κ1) is 18.7. The maximum atomic E-state index is 13.2. The van der Waals surface area contributed by atoms with Crippen LogP contribution in [0, 0.1) is 3.57 Å². The van der Waals surface area contributed by atoms with Gasteiger partial charge in [0.05, 0.1) is 26.8 Å². The third-order valence-electron chi connectivity index (χ3n) is 4.10. The van der Waals surface area contributed by atoms with Crippen LogP contribution in [0.1, 0.15) is 25.6 Å². The van der Waals surface area contributed by atoms with E-state index in [9.17, 15) is 4.79 Å². The Hall–Kier alpha value is -2.13. The monoisotopic (exact) mass is 464 g/mol. The van der Waals surface area contributed by atoms with Crippen molar-refractivity contribution in [1.82, 2.24) is 9.55 Å². The minimum absolute atomic E-state index is 0.0392. The van der Waals surface area contributed by atoms with Crippen molar-refractivity contribution in [3.8, 4) is 5.69 Å². The lowest BCUT2D eigenvalue weighted by Gasteiger charge is -2.17. The second kappa shape index (κ2) is 7.63. The molecule has 0 spiro atoms. The zero-order chi connectivity index (χ0) is 18.8. The minimum Gasteiger partial charge on any atom is -0.399 e. The van der Waals surface area contributed by atoms with Gasteiger partial charge in [-0.1, -0.05) is 13.8 Å². The summed E-state index contributed by atoms with van der Waals surface area (Å²) in [6.45, 7) is 4.52. The molecule has 3 rings (SSSR count). The quantitative estimate of drug-likeness (QED) is 0.399. The highest BCUT2D eigenvalue weighted by atomic mass is 127. The third-order valence-corrected chi connectivity index (χ3v) is 5.19. The second-order valence-electron chi connectivity index (χ2n) is 6.33. The molecule has 0 radical (unpaired) electrons. The van der Waals surface area contributed by atoms with Gasteiger partial charge in [0.2, 0.25) is 0 Å². The summed E-state index contributed by atoms with van der Waals surface area (Å²) in [4.78, 5) is 18.1. The van der Waals surface area contributed by atoms with Gasteiger partial charge in [-0.2, -0.15) is 0 Å². The molecule has 0 fully saturated rings. The van der Waals surface area contributed by atoms with Crippen LogP contribution < -0.4 is 16.6 Å². The molecule has 2 aromatic carbocycles. The Morgan fingerprint density at radius 2 is 1.92 bits per heavy atom. The van der Waals surface area contributed by atoms with Crippen LogP contribution in [0.5, 0.6) is 0 Å². The highest BCUT2D eigenvalue weighted by Gasteiger charge is 2.18. The second-order valence-corrected chi connectivity index (χ2v) is 7.41. The number of halogens is 1. The van der Waals surface area contributed by atoms with Crippen molar-refractivity contribution >= 4 is 44.9 Å². The van der Waals surface area contributed by atoms with Crippen LogP contribution >= 0.6 is 22.6 Å². The fraction of sp³-hybridized carbons (Fsp3) is 0.263. The first-order chi connectivity index (χ1) is 12.4. The average molecular weight is 464 g/mol. The summed E-state index contributed by atoms with van der Waals surface area (Å²) in [6, 6.07) is 10.9. The van der Waals surface area contributed by atoms with E-state index in [-0.39, 0.29) is 18.1 Å². The van der Waals surface area contributed by atoms with Crippen molar-refractivity contribution in [2.75, 3.05) is 24.2 Å². The molecule has 0 bridgehead atoms. The van der Waals surface area contributed by atoms with Gasteiger partial charge in [-0.25, -0.2) is 4.98 Å². The number of rotatable bonds is 5. The average Bonchev–Trinajstić information content (AvgIpc) is 2.62. The first-order valence-electron chi connectivity index (χ1n) is 8.40. The zero-order valence-electron chi connectivity index (χ0n) is 14.7. The summed E-state index contributed by atoms with van der Waals surface area (Å²) >= 11 is 2.19. The molecule has 0 saturated heterocycles. The third kappa shape index (κ3) is 3.41. The molecule has 0 aliphatic carbocycles. The van der Waals surface area contributed by atoms with Crippen molar-refractivity contribution in [3.63, 3.8) is 0 Å². The lowest BCUT2D eigenvalue weighted by molar-refractivity contribution is 0.311. The number of nitrogens with zero attached hydrogens (tertiary/aromatic N) is 2. The molecule has 0 aliphatic heterocycles. The molecule has 6 nitrogen and oxygen atoms in total. The van der Waals surface area contributed by atoms with Crippen LogP contribution in [0.25, 0.3) is 16.6 Å². The number of hydrogen-bond acceptors (Lipinski definition) is 5. The Labute approximate surface area is 165 Å². The molecule has 1 heterocycles. The van der Waals surface area contributed by atoms with Crippen LogP contribution in [-0.4, -0.2) is 27.8 Å². The topological polar surface area (TPSA) is 93.2 Å². The van der Waals surface area contributed by atoms with E-state index in [0.717, 1.165) is 14.9 Å². The summed E-state index contributed by atoms with van der Waals surface area (Å²) in [7, 11) is 0. The Bertz CT molecular complexity index is 997. The Morgan fingerprint density at radius 1 is 1.23 bits per heavy atom. The van der Waals surface area contributed by atoms with Crippen molar-refractivity contribution in [3.05, 3.63) is 56.1 Å². The molecular formula is C19H21IN4O2. The van der Waals surface area contributed by atoms with Crippen LogP contribution in [0.15, 0.2) is 41.2 Å². The van der Waals surface area contributed by atoms with E-state index >= 15 is 0 Å². The molecule has 0 aliphatic rings. The predicted molar refractivity (Wildman–Crippen MR) is 114 cm³/mol. The van der Waals surface area contributed by atoms with Crippen molar-refractivity contribution < 1.29 is 5.11 Å². The maximum Gasteiger partial charge on any atom is 0.266 e. The van der Waals surface area contributed by atoms with Crippen LogP contribution in [0.2, 0.25) is 0 Å². The van der Waals surface area contributed by atoms with Crippen LogP contribution in [-0.2, 0) is 0 Å². The molecule has 3 aromatic rings. The number of benzene rings is 2. The molecule has 0 unspecified atom stereocenters. The van der Waals surface area contributed by atoms with Crippen LogP contribution in [0.4, 0.5) is 11.4 Å². The number of nitrogens with one attached hydrogen (secondary N) is 1. The summed E-state index contributed by atoms with van der Waals surface area (Å²) in [5, 5.41) is 12.7. The van der Waals surface area contributed by atoms with Gasteiger partial charge in [0.25, 0.3) is 5.56 Å². The van der Waals surface area contributed by atoms with E-state index in [1.807, 2.05) is 32.0 Å². The van der Waals surface area contributed by atoms with E-state index in [4.69, 9.17) is 15.8 Å². The van der Waals surface area contributed by atoms with Gasteiger partial charge in [-0.3, -0.25) is 9.36 Å². The van der Waals surface area contributed by atoms with E-state index in [1.54, 1.807) is 22.8 Å². The predicted octanol–water partition coefficient (Wildman–Crippen LogP) is 3.10. The number of hydrogen-bond donors (Lipinski definition) is 3. The van der Waals surface area contributed by atoms with E-state index in [2.05, 4.69) is 27.9 Å². The summed E-state index contributed by atoms with van der Waals surface area (Å²) in [6.07, 6.45) is 0. The number of aliphatic hydroxyl groups is 1. The largest absolute Gasteiger partial charge is 0.399 e. The summed E-state index contributed by atoms with van der Waals surface area (Å²) < 4.78 is 2.53. The number of aliphatic hydroxyl groups excluding tert-OH is 1. The van der Waals surface area contributed by atoms with E-state index < -0.39 is 0 Å². The van der Waals surface area contributed by atoms with Gasteiger partial charge in [0, 0.05) is 23.8 Å². The SMILES string of the molecule is CC(C)c1nc2c(I)c(NCCO)ccc2c(=O)n1-c1ccc(N)cc1. The lowest BCUT2D eigenvalue weighted by Crippen LogP contribution is -2.25. The zero-order valence-corrected chi connectivity index (χ0v) is 16.8. The van der Waals surface area contributed by atoms with Gasteiger partial charge < -0.3 is 16.2 Å². The van der Waals surface area contributed by atoms with Gasteiger partial charge >= 0.3 is 0 Å². The number of aromatic nitrogens is 2. The normalized spacial score (nSPS) is 11.3. The maximum absolute atomic E-state index is 13.2. The van der Waals surface area contributed by atoms with Gasteiger partial charge in [-0.15, -0.1) is 0 Å².